The van der Waals surface area contributed by atoms with Gasteiger partial charge in [0.2, 0.25) is 0 Å². The van der Waals surface area contributed by atoms with E-state index in [-0.39, 0.29) is 19.1 Å². The van der Waals surface area contributed by atoms with Gasteiger partial charge in [-0.1, -0.05) is 0 Å². The molecule has 1 aliphatic rings. The van der Waals surface area contributed by atoms with E-state index >= 15 is 0 Å². The minimum Gasteiger partial charge on any atom is -0.330 e. The van der Waals surface area contributed by atoms with Crippen molar-refractivity contribution in [2.24, 2.45) is 11.7 Å². The van der Waals surface area contributed by atoms with E-state index < -0.39 is 12.1 Å². The third kappa shape index (κ3) is 4.44. The minimum atomic E-state index is -4.19. The molecule has 1 heterocycles. The summed E-state index contributed by atoms with van der Waals surface area (Å²) in [5, 5.41) is 0. The van der Waals surface area contributed by atoms with Crippen LogP contribution >= 0.6 is 0 Å². The van der Waals surface area contributed by atoms with Gasteiger partial charge in [0.15, 0.2) is 0 Å². The van der Waals surface area contributed by atoms with Crippen molar-refractivity contribution >= 4 is 0 Å². The van der Waals surface area contributed by atoms with E-state index in [1.807, 2.05) is 7.05 Å². The third-order valence-corrected chi connectivity index (χ3v) is 3.48. The molecule has 0 bridgehead atoms. The fraction of sp³-hybridized carbons (Fsp3) is 1.00. The molecular weight excluding hydrogens is 231 g/mol. The number of nitrogens with two attached hydrogens (primary N) is 1. The summed E-state index contributed by atoms with van der Waals surface area (Å²) in [5.41, 5.74) is 5.21. The second kappa shape index (κ2) is 6.02. The van der Waals surface area contributed by atoms with E-state index in [9.17, 15) is 13.2 Å². The fourth-order valence-corrected chi connectivity index (χ4v) is 2.31. The van der Waals surface area contributed by atoms with E-state index in [2.05, 4.69) is 4.90 Å². The van der Waals surface area contributed by atoms with E-state index in [0.717, 1.165) is 25.9 Å². The highest BCUT2D eigenvalue weighted by molar-refractivity contribution is 4.81. The highest BCUT2D eigenvalue weighted by Gasteiger charge is 2.39. The number of alkyl halides is 3. The molecule has 2 atom stereocenters. The second-order valence-corrected chi connectivity index (χ2v) is 4.97. The van der Waals surface area contributed by atoms with Gasteiger partial charge in [-0.05, 0) is 33.5 Å². The Kier molecular flexibility index (Phi) is 5.22. The maximum Gasteiger partial charge on any atom is 0.394 e. The van der Waals surface area contributed by atoms with Gasteiger partial charge in [0, 0.05) is 25.7 Å². The van der Waals surface area contributed by atoms with E-state index in [1.165, 1.54) is 0 Å². The summed E-state index contributed by atoms with van der Waals surface area (Å²) in [6.45, 7) is 1.53. The number of rotatable bonds is 4. The zero-order valence-electron chi connectivity index (χ0n) is 10.5. The van der Waals surface area contributed by atoms with Crippen LogP contribution in [0.4, 0.5) is 13.2 Å². The van der Waals surface area contributed by atoms with Crippen LogP contribution in [0.3, 0.4) is 0 Å². The monoisotopic (exact) mass is 253 g/mol. The Morgan fingerprint density at radius 1 is 1.47 bits per heavy atom. The summed E-state index contributed by atoms with van der Waals surface area (Å²) in [5.74, 6) is -1.42. The molecule has 102 valence electrons. The number of hydrogen-bond donors (Lipinski definition) is 1. The molecule has 2 N–H and O–H groups in total. The molecule has 0 aromatic rings. The van der Waals surface area contributed by atoms with Crippen molar-refractivity contribution in [3.05, 3.63) is 0 Å². The average molecular weight is 253 g/mol. The molecule has 3 nitrogen and oxygen atoms in total. The maximum atomic E-state index is 12.6. The van der Waals surface area contributed by atoms with E-state index in [1.54, 1.807) is 11.9 Å². The van der Waals surface area contributed by atoms with Gasteiger partial charge in [0.05, 0.1) is 5.92 Å². The van der Waals surface area contributed by atoms with Gasteiger partial charge in [-0.2, -0.15) is 13.2 Å². The van der Waals surface area contributed by atoms with Crippen molar-refractivity contribution < 1.29 is 13.2 Å². The fourth-order valence-electron chi connectivity index (χ4n) is 2.31. The van der Waals surface area contributed by atoms with Gasteiger partial charge in [-0.25, -0.2) is 0 Å². The van der Waals surface area contributed by atoms with Crippen LogP contribution in [-0.2, 0) is 0 Å². The molecule has 17 heavy (non-hydrogen) atoms. The zero-order valence-corrected chi connectivity index (χ0v) is 10.5. The van der Waals surface area contributed by atoms with Gasteiger partial charge in [-0.3, -0.25) is 0 Å². The Balaban J connectivity index is 2.49. The van der Waals surface area contributed by atoms with Crippen LogP contribution in [-0.4, -0.2) is 62.3 Å². The lowest BCUT2D eigenvalue weighted by Crippen LogP contribution is -2.49. The first-order chi connectivity index (χ1) is 7.84. The molecule has 0 radical (unpaired) electrons. The van der Waals surface area contributed by atoms with E-state index in [0.29, 0.717) is 0 Å². The Morgan fingerprint density at radius 2 is 2.12 bits per heavy atom. The van der Waals surface area contributed by atoms with Crippen LogP contribution < -0.4 is 5.73 Å². The maximum absolute atomic E-state index is 12.6. The lowest BCUT2D eigenvalue weighted by molar-refractivity contribution is -0.177. The molecule has 0 aliphatic carbocycles. The van der Waals surface area contributed by atoms with Crippen molar-refractivity contribution in [2.45, 2.75) is 25.1 Å². The van der Waals surface area contributed by atoms with Crippen molar-refractivity contribution in [3.63, 3.8) is 0 Å². The average Bonchev–Trinajstić information content (AvgIpc) is 2.23. The summed E-state index contributed by atoms with van der Waals surface area (Å²) >= 11 is 0. The number of likely N-dealkylation sites (N-methyl/N-ethyl adjacent to an activating group) is 2. The number of likely N-dealkylation sites (tertiary alicyclic amines) is 1. The Bertz CT molecular complexity index is 232. The summed E-state index contributed by atoms with van der Waals surface area (Å²) in [6, 6.07) is 0.213. The molecule has 1 saturated heterocycles. The lowest BCUT2D eigenvalue weighted by atomic mass is 10.0. The van der Waals surface area contributed by atoms with Gasteiger partial charge >= 0.3 is 6.18 Å². The summed E-state index contributed by atoms with van der Waals surface area (Å²) in [6.07, 6.45) is -2.18. The second-order valence-electron chi connectivity index (χ2n) is 4.97. The summed E-state index contributed by atoms with van der Waals surface area (Å²) in [7, 11) is 3.77. The Hall–Kier alpha value is -0.330. The minimum absolute atomic E-state index is 0.00148. The van der Waals surface area contributed by atoms with Gasteiger partial charge in [0.25, 0.3) is 0 Å². The normalized spacial score (nSPS) is 25.2. The first kappa shape index (κ1) is 14.7. The van der Waals surface area contributed by atoms with Crippen molar-refractivity contribution in [3.8, 4) is 0 Å². The predicted molar refractivity (Wildman–Crippen MR) is 61.7 cm³/mol. The summed E-state index contributed by atoms with van der Waals surface area (Å²) < 4.78 is 37.8. The Morgan fingerprint density at radius 3 is 2.59 bits per heavy atom. The molecule has 0 saturated carbocycles. The van der Waals surface area contributed by atoms with Crippen LogP contribution in [0, 0.1) is 5.92 Å². The molecule has 6 heteroatoms. The predicted octanol–water partition coefficient (Wildman–Crippen LogP) is 1.15. The van der Waals surface area contributed by atoms with Gasteiger partial charge in [-0.15, -0.1) is 0 Å². The number of piperidine rings is 1. The summed E-state index contributed by atoms with van der Waals surface area (Å²) in [4.78, 5) is 3.97. The quantitative estimate of drug-likeness (QED) is 0.816. The number of halogens is 3. The van der Waals surface area contributed by atoms with Gasteiger partial charge in [0.1, 0.15) is 0 Å². The van der Waals surface area contributed by atoms with Crippen molar-refractivity contribution in [2.75, 3.05) is 40.3 Å². The molecule has 0 spiro atoms. The lowest BCUT2D eigenvalue weighted by Gasteiger charge is -2.37. The largest absolute Gasteiger partial charge is 0.394 e. The van der Waals surface area contributed by atoms with E-state index in [4.69, 9.17) is 5.73 Å². The zero-order chi connectivity index (χ0) is 13.1. The first-order valence-electron chi connectivity index (χ1n) is 6.00. The topological polar surface area (TPSA) is 32.5 Å². The van der Waals surface area contributed by atoms with Crippen LogP contribution in [0.2, 0.25) is 0 Å². The highest BCUT2D eigenvalue weighted by Crippen LogP contribution is 2.27. The first-order valence-corrected chi connectivity index (χ1v) is 6.00. The van der Waals surface area contributed by atoms with Crippen molar-refractivity contribution in [1.29, 1.82) is 0 Å². The number of nitrogens with zero attached hydrogens (tertiary/aromatic N) is 2. The van der Waals surface area contributed by atoms with Gasteiger partial charge < -0.3 is 15.5 Å². The van der Waals surface area contributed by atoms with Crippen LogP contribution in [0.5, 0.6) is 0 Å². The van der Waals surface area contributed by atoms with Crippen molar-refractivity contribution in [1.82, 2.24) is 9.80 Å². The molecule has 0 aromatic carbocycles. The molecule has 0 aromatic heterocycles. The molecule has 0 amide bonds. The molecule has 1 aliphatic heterocycles. The third-order valence-electron chi connectivity index (χ3n) is 3.48. The standard InChI is InChI=1S/C11H22F3N3/c1-16-5-3-4-10(8-16)17(2)7-9(6-15)11(12,13)14/h9-10H,3-8,15H2,1-2H3. The van der Waals surface area contributed by atoms with Crippen LogP contribution in [0.25, 0.3) is 0 Å². The molecule has 1 fully saturated rings. The van der Waals surface area contributed by atoms with Crippen LogP contribution in [0.1, 0.15) is 12.8 Å². The SMILES string of the molecule is CN1CCCC(N(C)CC(CN)C(F)(F)F)C1. The van der Waals surface area contributed by atoms with Crippen LogP contribution in [0.15, 0.2) is 0 Å². The smallest absolute Gasteiger partial charge is 0.330 e. The molecule has 1 rings (SSSR count). The highest BCUT2D eigenvalue weighted by atomic mass is 19.4. The molecular formula is C11H22F3N3. The Labute approximate surface area is 101 Å². The number of hydrogen-bond acceptors (Lipinski definition) is 3. The molecule has 2 unspecified atom stereocenters.